The lowest BCUT2D eigenvalue weighted by Crippen LogP contribution is -2.67. The maximum atomic E-state index is 15.4. The fourth-order valence-electron chi connectivity index (χ4n) is 10.9. The van der Waals surface area contributed by atoms with E-state index in [0.717, 1.165) is 23.3 Å². The number of carbonyl (C=O) groups excluding carboxylic acids is 2. The first-order valence-electron chi connectivity index (χ1n) is 18.3. The van der Waals surface area contributed by atoms with Gasteiger partial charge in [-0.1, -0.05) is 120 Å². The summed E-state index contributed by atoms with van der Waals surface area (Å²) in [6.07, 6.45) is 2.32. The SMILES string of the molecule is COc1ccc([C@@H]2O[C@@H]3C(CO[Si](c4ccccc4)(c4ccccc4)C(C)(C)C)=C[C@@H]4C(=O)[C@@]5(CCC(=O)[C@@]35O2)[C@H](C)C[C@@H]2[C@H]4C2(C)C)cc1. The molecular formula is C43H50O6Si. The fourth-order valence-corrected chi connectivity index (χ4v) is 15.5. The van der Waals surface area contributed by atoms with Crippen LogP contribution in [0.15, 0.2) is 96.6 Å². The number of hydrogen-bond acceptors (Lipinski definition) is 6. The van der Waals surface area contributed by atoms with Gasteiger partial charge in [0.25, 0.3) is 8.32 Å². The first-order valence-corrected chi connectivity index (χ1v) is 20.2. The van der Waals surface area contributed by atoms with Crippen LogP contribution in [0, 0.1) is 34.5 Å². The van der Waals surface area contributed by atoms with Crippen molar-refractivity contribution in [2.45, 2.75) is 83.8 Å². The maximum Gasteiger partial charge on any atom is 0.261 e. The number of allylic oxidation sites excluding steroid dienone is 1. The molecule has 0 aromatic heterocycles. The van der Waals surface area contributed by atoms with Gasteiger partial charge in [-0.2, -0.15) is 0 Å². The highest BCUT2D eigenvalue weighted by Crippen LogP contribution is 2.73. The molecule has 8 atom stereocenters. The number of hydrogen-bond donors (Lipinski definition) is 0. The van der Waals surface area contributed by atoms with Gasteiger partial charge < -0.3 is 18.6 Å². The average Bonchev–Trinajstić information content (AvgIpc) is 3.36. The molecule has 4 aliphatic carbocycles. The lowest BCUT2D eigenvalue weighted by Gasteiger charge is -2.46. The number of benzene rings is 3. The Morgan fingerprint density at radius 3 is 2.10 bits per heavy atom. The van der Waals surface area contributed by atoms with Crippen LogP contribution in [0.3, 0.4) is 0 Å². The van der Waals surface area contributed by atoms with E-state index < -0.39 is 31.7 Å². The highest BCUT2D eigenvalue weighted by Gasteiger charge is 2.79. The lowest BCUT2D eigenvalue weighted by atomic mass is 9.59. The monoisotopic (exact) mass is 690 g/mol. The highest BCUT2D eigenvalue weighted by molar-refractivity contribution is 6.99. The maximum absolute atomic E-state index is 15.4. The van der Waals surface area contributed by atoms with E-state index in [9.17, 15) is 4.79 Å². The van der Waals surface area contributed by atoms with E-state index in [2.05, 4.69) is 96.1 Å². The molecule has 1 heterocycles. The average molecular weight is 691 g/mol. The van der Waals surface area contributed by atoms with Crippen LogP contribution in [0.4, 0.5) is 0 Å². The van der Waals surface area contributed by atoms with Crippen molar-refractivity contribution in [3.63, 3.8) is 0 Å². The summed E-state index contributed by atoms with van der Waals surface area (Å²) in [6.45, 7) is 13.8. The summed E-state index contributed by atoms with van der Waals surface area (Å²) in [6, 6.07) is 28.8. The van der Waals surface area contributed by atoms with Crippen LogP contribution in [0.2, 0.25) is 5.04 Å². The Balaban J connectivity index is 1.30. The predicted octanol–water partition coefficient (Wildman–Crippen LogP) is 7.21. The molecule has 5 aliphatic rings. The van der Waals surface area contributed by atoms with Crippen LogP contribution in [0.1, 0.15) is 72.7 Å². The summed E-state index contributed by atoms with van der Waals surface area (Å²) in [5.41, 5.74) is -0.701. The molecule has 4 fully saturated rings. The topological polar surface area (TPSA) is 71.1 Å². The van der Waals surface area contributed by atoms with Crippen molar-refractivity contribution in [2.75, 3.05) is 13.7 Å². The summed E-state index contributed by atoms with van der Waals surface area (Å²) in [5, 5.41) is 2.11. The van der Waals surface area contributed by atoms with Gasteiger partial charge in [0.05, 0.1) is 19.1 Å². The second-order valence-electron chi connectivity index (χ2n) is 17.0. The zero-order valence-electron chi connectivity index (χ0n) is 30.4. The Morgan fingerprint density at radius 2 is 1.52 bits per heavy atom. The number of ketones is 2. The number of Topliss-reactive ketones (excluding diaryl/α,β-unsaturated/α-hetero) is 2. The summed E-state index contributed by atoms with van der Waals surface area (Å²) >= 11 is 0. The molecule has 3 saturated carbocycles. The first kappa shape index (κ1) is 33.8. The zero-order chi connectivity index (χ0) is 35.3. The van der Waals surface area contributed by atoms with Crippen molar-refractivity contribution >= 4 is 30.3 Å². The van der Waals surface area contributed by atoms with Crippen molar-refractivity contribution in [1.82, 2.24) is 0 Å². The van der Waals surface area contributed by atoms with E-state index >= 15 is 4.79 Å². The third kappa shape index (κ3) is 4.49. The van der Waals surface area contributed by atoms with Gasteiger partial charge in [-0.05, 0) is 69.1 Å². The number of fused-ring (bicyclic) bond motifs is 3. The van der Waals surface area contributed by atoms with Crippen LogP contribution in [0.25, 0.3) is 0 Å². The molecule has 7 heteroatoms. The quantitative estimate of drug-likeness (QED) is 0.193. The number of ether oxygens (including phenoxy) is 3. The standard InChI is InChI=1S/C43H50O6Si/c1-27-24-34-36(41(34,5)6)33-25-29(26-47-50(40(2,3)4,31-14-10-8-11-15-31)32-16-12-9-13-17-32)38-43(35(44)22-23-42(27,43)37(33)45)49-39(48-38)28-18-20-30(46-7)21-19-28/h8-21,25,27,33-34,36,38-39H,22-24,26H2,1-7H3/t27-,33+,34-,36+,38-,39-,42-,43-/m1/s1. The minimum Gasteiger partial charge on any atom is -0.497 e. The number of methoxy groups -OCH3 is 1. The molecule has 3 aromatic rings. The van der Waals surface area contributed by atoms with E-state index in [1.807, 2.05) is 36.4 Å². The van der Waals surface area contributed by atoms with Crippen molar-refractivity contribution in [3.8, 4) is 5.75 Å². The molecule has 1 saturated heterocycles. The molecule has 1 aliphatic heterocycles. The van der Waals surface area contributed by atoms with Crippen LogP contribution in [-0.2, 0) is 23.5 Å². The van der Waals surface area contributed by atoms with Crippen molar-refractivity contribution in [3.05, 3.63) is 102 Å². The minimum atomic E-state index is -2.97. The molecule has 3 aromatic carbocycles. The summed E-state index contributed by atoms with van der Waals surface area (Å²) in [7, 11) is -1.33. The van der Waals surface area contributed by atoms with E-state index in [1.165, 1.54) is 10.4 Å². The van der Waals surface area contributed by atoms with E-state index in [4.69, 9.17) is 18.6 Å². The Bertz CT molecular complexity index is 1790. The largest absolute Gasteiger partial charge is 0.497 e. The Hall–Kier alpha value is -3.36. The summed E-state index contributed by atoms with van der Waals surface area (Å²) in [4.78, 5) is 30.0. The third-order valence-corrected chi connectivity index (χ3v) is 18.4. The molecule has 50 heavy (non-hydrogen) atoms. The molecule has 0 unspecified atom stereocenters. The van der Waals surface area contributed by atoms with Gasteiger partial charge in [-0.15, -0.1) is 0 Å². The Kier molecular flexibility index (Phi) is 7.82. The van der Waals surface area contributed by atoms with E-state index in [1.54, 1.807) is 7.11 Å². The second kappa shape index (κ2) is 11.6. The van der Waals surface area contributed by atoms with Gasteiger partial charge in [0.2, 0.25) is 0 Å². The lowest BCUT2D eigenvalue weighted by molar-refractivity contribution is -0.175. The summed E-state index contributed by atoms with van der Waals surface area (Å²) < 4.78 is 27.1. The van der Waals surface area contributed by atoms with Gasteiger partial charge in [0, 0.05) is 17.9 Å². The van der Waals surface area contributed by atoms with Crippen LogP contribution in [0.5, 0.6) is 5.75 Å². The van der Waals surface area contributed by atoms with Crippen molar-refractivity contribution < 1.29 is 28.2 Å². The number of carbonyl (C=O) groups is 2. The van der Waals surface area contributed by atoms with Gasteiger partial charge in [-0.3, -0.25) is 9.59 Å². The molecule has 0 N–H and O–H groups in total. The van der Waals surface area contributed by atoms with Gasteiger partial charge >= 0.3 is 0 Å². The number of rotatable bonds is 7. The molecule has 2 spiro atoms. The van der Waals surface area contributed by atoms with E-state index in [-0.39, 0.29) is 46.4 Å². The second-order valence-corrected chi connectivity index (χ2v) is 21.3. The van der Waals surface area contributed by atoms with Gasteiger partial charge in [-0.25, -0.2) is 0 Å². The predicted molar refractivity (Wildman–Crippen MR) is 196 cm³/mol. The molecule has 262 valence electrons. The normalized spacial score (nSPS) is 34.2. The third-order valence-electron chi connectivity index (χ3n) is 13.5. The van der Waals surface area contributed by atoms with E-state index in [0.29, 0.717) is 18.8 Å². The molecule has 2 bridgehead atoms. The van der Waals surface area contributed by atoms with Crippen LogP contribution in [-0.4, -0.2) is 45.3 Å². The minimum absolute atomic E-state index is 0.0226. The van der Waals surface area contributed by atoms with Crippen molar-refractivity contribution in [1.29, 1.82) is 0 Å². The summed E-state index contributed by atoms with van der Waals surface area (Å²) in [5.74, 6) is 1.13. The van der Waals surface area contributed by atoms with Gasteiger partial charge in [0.1, 0.15) is 17.6 Å². The molecule has 0 radical (unpaired) electrons. The molecule has 6 nitrogen and oxygen atoms in total. The van der Waals surface area contributed by atoms with Crippen molar-refractivity contribution in [2.24, 2.45) is 34.5 Å². The fraction of sp³-hybridized carbons (Fsp3) is 0.488. The molecular weight excluding hydrogens is 641 g/mol. The van der Waals surface area contributed by atoms with Gasteiger partial charge in [0.15, 0.2) is 17.7 Å². The zero-order valence-corrected chi connectivity index (χ0v) is 31.4. The van der Waals surface area contributed by atoms with Crippen LogP contribution < -0.4 is 15.1 Å². The smallest absolute Gasteiger partial charge is 0.261 e. The van der Waals surface area contributed by atoms with Crippen LogP contribution >= 0.6 is 0 Å². The Morgan fingerprint density at radius 1 is 0.900 bits per heavy atom. The molecule has 8 rings (SSSR count). The molecule has 0 amide bonds. The highest BCUT2D eigenvalue weighted by atomic mass is 28.4. The Labute approximate surface area is 297 Å². The first-order chi connectivity index (χ1) is 23.8.